The maximum Gasteiger partial charge on any atom is 0.323 e. The summed E-state index contributed by atoms with van der Waals surface area (Å²) < 4.78 is 92.1. The van der Waals surface area contributed by atoms with Crippen LogP contribution >= 0.6 is 8.09 Å². The van der Waals surface area contributed by atoms with Gasteiger partial charge in [-0.2, -0.15) is 12.9 Å². The Labute approximate surface area is 510 Å². The number of esters is 2. The van der Waals surface area contributed by atoms with Crippen molar-refractivity contribution in [3.05, 3.63) is 84.3 Å². The summed E-state index contributed by atoms with van der Waals surface area (Å²) in [6, 6.07) is 14.0. The first-order chi connectivity index (χ1) is 40.9. The molecule has 0 aromatic heterocycles. The average molecular weight is 1240 g/mol. The van der Waals surface area contributed by atoms with E-state index in [1.807, 2.05) is 52.0 Å². The quantitative estimate of drug-likeness (QED) is 0.00712. The van der Waals surface area contributed by atoms with Gasteiger partial charge in [-0.25, -0.2) is 17.9 Å². The van der Waals surface area contributed by atoms with E-state index < -0.39 is 69.3 Å². The Bertz CT molecular complexity index is 2930. The van der Waals surface area contributed by atoms with Crippen molar-refractivity contribution in [2.24, 2.45) is 0 Å². The van der Waals surface area contributed by atoms with Crippen molar-refractivity contribution in [2.45, 2.75) is 237 Å². The molecule has 4 rings (SSSR count). The van der Waals surface area contributed by atoms with Crippen molar-refractivity contribution in [1.82, 2.24) is 9.07 Å². The molecule has 2 aromatic carbocycles. The van der Waals surface area contributed by atoms with Crippen molar-refractivity contribution in [3.63, 3.8) is 0 Å². The SMILES string of the molecule is CCCCCCCC/C=C\CCCCCCCC(=O)OC[C@H](CO[P+]([O-])(O)NS(=O)(=O)c1ccc(-c2c3ccc(=[N+](CC)CC)cc-3oc3cc(N(CC)CC)ccc23)c(S(=O)(=O)O)c1)OC(=O)CCCCCCC/C=C\CCCCCCCC. The van der Waals surface area contributed by atoms with Crippen molar-refractivity contribution in [2.75, 3.05) is 44.3 Å². The third-order valence-electron chi connectivity index (χ3n) is 15.4. The van der Waals surface area contributed by atoms with E-state index in [0.717, 1.165) is 94.2 Å². The topological polar surface area (TPSA) is 225 Å². The summed E-state index contributed by atoms with van der Waals surface area (Å²) in [5, 5.41) is 1.33. The zero-order valence-corrected chi connectivity index (χ0v) is 54.7. The van der Waals surface area contributed by atoms with Gasteiger partial charge < -0.3 is 23.7 Å². The minimum atomic E-state index is -5.36. The number of carbonyl (C=O) groups is 2. The van der Waals surface area contributed by atoms with Gasteiger partial charge in [-0.05, 0) is 127 Å². The van der Waals surface area contributed by atoms with Gasteiger partial charge in [0, 0.05) is 65.8 Å². The smallest absolute Gasteiger partial charge is 0.323 e. The molecule has 16 nitrogen and oxygen atoms in total. The lowest BCUT2D eigenvalue weighted by Crippen LogP contribution is -2.36. The molecule has 0 spiro atoms. The third-order valence-corrected chi connectivity index (χ3v) is 19.6. The number of allylic oxidation sites excluding steroid dienone is 4. The van der Waals surface area contributed by atoms with Crippen molar-refractivity contribution >= 4 is 56.8 Å². The zero-order chi connectivity index (χ0) is 61.9. The number of rotatable bonds is 46. The molecule has 0 fully saturated rings. The van der Waals surface area contributed by atoms with Crippen LogP contribution < -0.4 is 24.2 Å². The Morgan fingerprint density at radius 1 is 0.635 bits per heavy atom. The molecule has 1 aliphatic carbocycles. The van der Waals surface area contributed by atoms with Gasteiger partial charge in [-0.3, -0.25) is 14.1 Å². The van der Waals surface area contributed by atoms with E-state index >= 15 is 0 Å². The van der Waals surface area contributed by atoms with E-state index in [9.17, 15) is 40.8 Å². The molecule has 0 saturated carbocycles. The molecule has 2 aliphatic rings. The molecule has 0 bridgehead atoms. The average Bonchev–Trinajstić information content (AvgIpc) is 1.13. The van der Waals surface area contributed by atoms with Crippen LogP contribution in [-0.2, 0) is 43.7 Å². The fourth-order valence-electron chi connectivity index (χ4n) is 10.5. The third kappa shape index (κ3) is 26.8. The fraction of sp³-hybridized carbons (Fsp3) is 0.621. The first-order valence-electron chi connectivity index (χ1n) is 32.0. The van der Waals surface area contributed by atoms with Crippen LogP contribution in [0.2, 0.25) is 0 Å². The van der Waals surface area contributed by atoms with Gasteiger partial charge in [-0.15, -0.1) is 0 Å². The summed E-state index contributed by atoms with van der Waals surface area (Å²) in [7, 11) is -15.6. The second-order valence-electron chi connectivity index (χ2n) is 22.2. The molecular weight excluding hydrogens is 1140 g/mol. The summed E-state index contributed by atoms with van der Waals surface area (Å²) in [6.07, 6.45) is 36.2. The Hall–Kier alpha value is -4.52. The van der Waals surface area contributed by atoms with Gasteiger partial charge in [0.2, 0.25) is 5.36 Å². The predicted octanol–water partition coefficient (Wildman–Crippen LogP) is 15.0. The van der Waals surface area contributed by atoms with E-state index in [2.05, 4.69) is 47.6 Å². The van der Waals surface area contributed by atoms with Crippen LogP contribution in [0.1, 0.15) is 221 Å². The predicted molar refractivity (Wildman–Crippen MR) is 343 cm³/mol. The van der Waals surface area contributed by atoms with Crippen LogP contribution in [-0.4, -0.2) is 83.7 Å². The highest BCUT2D eigenvalue weighted by Crippen LogP contribution is 2.46. The number of sulfonamides is 1. The van der Waals surface area contributed by atoms with Gasteiger partial charge in [0.15, 0.2) is 6.10 Å². The van der Waals surface area contributed by atoms with E-state index in [-0.39, 0.29) is 18.4 Å². The van der Waals surface area contributed by atoms with E-state index in [4.69, 9.17) is 18.4 Å². The lowest BCUT2D eigenvalue weighted by atomic mass is 9.93. The molecule has 476 valence electrons. The molecule has 1 heterocycles. The second kappa shape index (κ2) is 40.1. The first kappa shape index (κ1) is 73.0. The van der Waals surface area contributed by atoms with Gasteiger partial charge in [0.05, 0.1) is 11.0 Å². The lowest BCUT2D eigenvalue weighted by Gasteiger charge is -2.24. The van der Waals surface area contributed by atoms with Crippen LogP contribution in [0.15, 0.2) is 93.1 Å². The number of hydrogen-bond donors (Lipinski definition) is 3. The van der Waals surface area contributed by atoms with Crippen LogP contribution in [0, 0.1) is 0 Å². The van der Waals surface area contributed by atoms with Crippen molar-refractivity contribution in [1.29, 1.82) is 0 Å². The lowest BCUT2D eigenvalue weighted by molar-refractivity contribution is -0.219. The van der Waals surface area contributed by atoms with Gasteiger partial charge in [0.25, 0.3) is 20.1 Å². The van der Waals surface area contributed by atoms with Gasteiger partial charge in [-0.1, -0.05) is 147 Å². The highest BCUT2D eigenvalue weighted by molar-refractivity contribution is 7.95. The number of anilines is 1. The molecule has 1 unspecified atom stereocenters. The number of nitrogens with one attached hydrogen (secondary N) is 1. The minimum absolute atomic E-state index is 0.0328. The second-order valence-corrected chi connectivity index (χ2v) is 27.1. The van der Waals surface area contributed by atoms with Crippen LogP contribution in [0.4, 0.5) is 5.69 Å². The Kier molecular flexibility index (Phi) is 34.4. The number of nitrogens with zero attached hydrogens (tertiary/aromatic N) is 2. The molecule has 0 saturated heterocycles. The minimum Gasteiger partial charge on any atom is -0.616 e. The van der Waals surface area contributed by atoms with E-state index in [1.54, 1.807) is 16.6 Å². The number of ether oxygens (including phenoxy) is 2. The van der Waals surface area contributed by atoms with E-state index in [0.29, 0.717) is 72.9 Å². The summed E-state index contributed by atoms with van der Waals surface area (Å²) in [5.41, 5.74) is 2.01. The largest absolute Gasteiger partial charge is 0.616 e. The molecule has 3 N–H and O–H groups in total. The highest BCUT2D eigenvalue weighted by Gasteiger charge is 2.37. The summed E-state index contributed by atoms with van der Waals surface area (Å²) >= 11 is 0. The summed E-state index contributed by atoms with van der Waals surface area (Å²) in [4.78, 5) is 51.3. The van der Waals surface area contributed by atoms with Crippen LogP contribution in [0.3, 0.4) is 0 Å². The molecule has 2 atom stereocenters. The first-order valence-corrected chi connectivity index (χ1v) is 36.5. The standard InChI is InChI=1S/C66H102N3O13PS2/c1-7-13-15-17-19-21-23-25-27-29-31-33-35-37-39-41-64(70)79-52-56(81-65(71)42-40-38-36-34-32-30-28-26-24-22-20-18-16-14-8-2)53-80-83(72,73)67-84(74,75)57-45-48-60(63(51-57)85(76,77)78)66-58-46-43-54(68(9-3)10-4)49-61(58)82-62-50-55(44-47-59(62)66)69(11-5)12-6/h25-28,43-51,56H,7-24,29-42,52-53H2,1-6H3,(H2-,67,72,73,76,77,78)/p+1/b27-25-,28-26-/t56-/m1/s1. The van der Waals surface area contributed by atoms with Crippen molar-refractivity contribution in [3.8, 4) is 22.5 Å². The van der Waals surface area contributed by atoms with Crippen molar-refractivity contribution < 1.29 is 59.2 Å². The van der Waals surface area contributed by atoms with Crippen LogP contribution in [0.25, 0.3) is 33.4 Å². The van der Waals surface area contributed by atoms with Gasteiger partial charge in [0.1, 0.15) is 42.5 Å². The molecule has 1 aliphatic heterocycles. The number of benzene rings is 3. The molecule has 85 heavy (non-hydrogen) atoms. The molecular formula is C66H103N3O13PS2+. The number of hydrogen-bond acceptors (Lipinski definition) is 13. The van der Waals surface area contributed by atoms with E-state index in [1.165, 1.54) is 83.1 Å². The maximum atomic E-state index is 14.0. The highest BCUT2D eigenvalue weighted by atomic mass is 32.2. The summed E-state index contributed by atoms with van der Waals surface area (Å²) in [6.45, 7) is 14.0. The maximum absolute atomic E-state index is 14.0. The summed E-state index contributed by atoms with van der Waals surface area (Å²) in [5.74, 6) is -0.796. The number of fused-ring (bicyclic) bond motifs is 2. The Morgan fingerprint density at radius 3 is 1.66 bits per heavy atom. The Balaban J connectivity index is 1.44. The molecule has 0 radical (unpaired) electrons. The monoisotopic (exact) mass is 1240 g/mol. The van der Waals surface area contributed by atoms with Gasteiger partial charge >= 0.3 is 20.0 Å². The number of carbonyl (C=O) groups excluding carboxylic acids is 2. The van der Waals surface area contributed by atoms with Crippen LogP contribution in [0.5, 0.6) is 0 Å². The number of unbranched alkanes of at least 4 members (excludes halogenated alkanes) is 22. The fourth-order valence-corrected chi connectivity index (χ4v) is 14.1. The Morgan fingerprint density at radius 2 is 1.14 bits per heavy atom. The normalized spacial score (nSPS) is 13.3. The zero-order valence-electron chi connectivity index (χ0n) is 52.2. The molecule has 2 aromatic rings. The molecule has 0 amide bonds. The molecule has 19 heteroatoms.